The molecule has 1 saturated heterocycles. The highest BCUT2D eigenvalue weighted by molar-refractivity contribution is 6.42. The Morgan fingerprint density at radius 1 is 1.09 bits per heavy atom. The minimum Gasteiger partial charge on any atom is -0.489 e. The standard InChI is InChI=1S/C22H20Cl2N5O3/c1-26-19-18(20(30)27(2)22(26)31)29-9-8-28(21(29)25-19)14-4-3-5-15(11-14)32-12-13-6-7-16(23)17(24)10-13/h3-7,10-11,18H,8-9,12H2,1-2H3/q+1. The van der Waals surface area contributed by atoms with Crippen LogP contribution in [0.5, 0.6) is 5.75 Å². The van der Waals surface area contributed by atoms with Crippen molar-refractivity contribution in [2.24, 2.45) is 4.99 Å². The number of benzene rings is 2. The van der Waals surface area contributed by atoms with Gasteiger partial charge in [-0.3, -0.25) is 14.6 Å². The summed E-state index contributed by atoms with van der Waals surface area (Å²) in [6.45, 7) is 1.65. The Morgan fingerprint density at radius 3 is 2.69 bits per heavy atom. The fourth-order valence-electron chi connectivity index (χ4n) is 4.12. The van der Waals surface area contributed by atoms with Crippen molar-refractivity contribution in [1.82, 2.24) is 9.80 Å². The molecule has 2 aromatic carbocycles. The number of halogens is 2. The molecule has 32 heavy (non-hydrogen) atoms. The summed E-state index contributed by atoms with van der Waals surface area (Å²) in [6, 6.07) is 12.1. The van der Waals surface area contributed by atoms with Crippen molar-refractivity contribution in [3.05, 3.63) is 58.1 Å². The number of rotatable bonds is 4. The van der Waals surface area contributed by atoms with Crippen molar-refractivity contribution >= 4 is 52.6 Å². The number of likely N-dealkylation sites (N-methyl/N-ethyl adjacent to an activating group) is 2. The van der Waals surface area contributed by atoms with E-state index in [0.29, 0.717) is 47.3 Å². The second-order valence-corrected chi connectivity index (χ2v) is 8.61. The lowest BCUT2D eigenvalue weighted by Crippen LogP contribution is -2.61. The monoisotopic (exact) mass is 472 g/mol. The van der Waals surface area contributed by atoms with Crippen molar-refractivity contribution in [3.8, 4) is 5.75 Å². The second-order valence-electron chi connectivity index (χ2n) is 7.79. The van der Waals surface area contributed by atoms with E-state index in [0.717, 1.165) is 16.2 Å². The van der Waals surface area contributed by atoms with Crippen LogP contribution in [0.25, 0.3) is 0 Å². The highest BCUT2D eigenvalue weighted by Gasteiger charge is 2.54. The van der Waals surface area contributed by atoms with Crippen LogP contribution in [0.3, 0.4) is 0 Å². The normalized spacial score (nSPS) is 20.1. The molecule has 0 spiro atoms. The molecule has 1 atom stereocenters. The molecule has 0 aliphatic carbocycles. The van der Waals surface area contributed by atoms with E-state index in [1.165, 1.54) is 11.9 Å². The molecule has 0 bridgehead atoms. The number of anilines is 1. The molecule has 3 amide bonds. The first kappa shape index (κ1) is 20.8. The van der Waals surface area contributed by atoms with Crippen LogP contribution in [0.1, 0.15) is 5.56 Å². The summed E-state index contributed by atoms with van der Waals surface area (Å²) >= 11 is 12.1. The molecule has 10 heteroatoms. The molecule has 5 rings (SSSR count). The Balaban J connectivity index is 1.38. The molecular weight excluding hydrogens is 453 g/mol. The fourth-order valence-corrected chi connectivity index (χ4v) is 4.44. The summed E-state index contributed by atoms with van der Waals surface area (Å²) in [7, 11) is 3.14. The van der Waals surface area contributed by atoms with Gasteiger partial charge >= 0.3 is 12.0 Å². The lowest BCUT2D eigenvalue weighted by Gasteiger charge is -2.31. The largest absolute Gasteiger partial charge is 0.489 e. The highest BCUT2D eigenvalue weighted by atomic mass is 35.5. The molecule has 2 aromatic rings. The van der Waals surface area contributed by atoms with Crippen molar-refractivity contribution in [1.29, 1.82) is 0 Å². The van der Waals surface area contributed by atoms with E-state index in [2.05, 4.69) is 4.99 Å². The van der Waals surface area contributed by atoms with Crippen molar-refractivity contribution in [2.45, 2.75) is 12.6 Å². The Morgan fingerprint density at radius 2 is 1.91 bits per heavy atom. The molecule has 3 heterocycles. The van der Waals surface area contributed by atoms with Gasteiger partial charge in [0.15, 0.2) is 0 Å². The average molecular weight is 473 g/mol. The number of ether oxygens (including phenoxy) is 1. The third-order valence-electron chi connectivity index (χ3n) is 5.83. The van der Waals surface area contributed by atoms with Crippen LogP contribution in [0.15, 0.2) is 47.5 Å². The van der Waals surface area contributed by atoms with E-state index in [1.807, 2.05) is 39.8 Å². The first-order valence-corrected chi connectivity index (χ1v) is 10.8. The number of amides is 3. The Kier molecular flexibility index (Phi) is 5.06. The van der Waals surface area contributed by atoms with Crippen molar-refractivity contribution in [3.63, 3.8) is 0 Å². The van der Waals surface area contributed by atoms with E-state index >= 15 is 0 Å². The summed E-state index contributed by atoms with van der Waals surface area (Å²) in [5.41, 5.74) is 1.81. The minimum absolute atomic E-state index is 0.262. The highest BCUT2D eigenvalue weighted by Crippen LogP contribution is 2.29. The Bertz CT molecular complexity index is 1210. The number of hydrogen-bond acceptors (Lipinski definition) is 5. The summed E-state index contributed by atoms with van der Waals surface area (Å²) in [5, 5.41) is 0.990. The summed E-state index contributed by atoms with van der Waals surface area (Å²) in [5.74, 6) is 1.56. The molecule has 0 radical (unpaired) electrons. The summed E-state index contributed by atoms with van der Waals surface area (Å²) in [6.07, 6.45) is 0. The maximum Gasteiger partial charge on any atom is 0.397 e. The molecule has 0 saturated carbocycles. The molecule has 164 valence electrons. The molecule has 3 aliphatic rings. The van der Waals surface area contributed by atoms with Gasteiger partial charge in [-0.05, 0) is 29.8 Å². The molecule has 1 unspecified atom stereocenters. The van der Waals surface area contributed by atoms with Gasteiger partial charge in [-0.1, -0.05) is 40.3 Å². The maximum atomic E-state index is 12.8. The summed E-state index contributed by atoms with van der Waals surface area (Å²) in [4.78, 5) is 34.3. The molecule has 8 nitrogen and oxygen atoms in total. The van der Waals surface area contributed by atoms with Gasteiger partial charge in [-0.25, -0.2) is 14.3 Å². The lowest BCUT2D eigenvalue weighted by atomic mass is 10.1. The number of fused-ring (bicyclic) bond motifs is 2. The van der Waals surface area contributed by atoms with Gasteiger partial charge in [0.2, 0.25) is 11.9 Å². The number of carbonyl (C=O) groups is 2. The van der Waals surface area contributed by atoms with E-state index in [-0.39, 0.29) is 11.9 Å². The zero-order chi connectivity index (χ0) is 22.6. The zero-order valence-electron chi connectivity index (χ0n) is 17.5. The molecule has 0 N–H and O–H groups in total. The lowest BCUT2D eigenvalue weighted by molar-refractivity contribution is -0.525. The number of nitrogens with zero attached hydrogens (tertiary/aromatic N) is 5. The van der Waals surface area contributed by atoms with Crippen LogP contribution in [0.2, 0.25) is 10.0 Å². The predicted molar refractivity (Wildman–Crippen MR) is 122 cm³/mol. The topological polar surface area (TPSA) is 68.5 Å². The second kappa shape index (κ2) is 7.79. The number of imide groups is 1. The quantitative estimate of drug-likeness (QED) is 0.641. The van der Waals surface area contributed by atoms with E-state index in [9.17, 15) is 9.59 Å². The maximum absolute atomic E-state index is 12.8. The zero-order valence-corrected chi connectivity index (χ0v) is 19.0. The van der Waals surface area contributed by atoms with Crippen LogP contribution in [0, 0.1) is 0 Å². The van der Waals surface area contributed by atoms with Gasteiger partial charge in [-0.15, -0.1) is 0 Å². The van der Waals surface area contributed by atoms with Crippen LogP contribution >= 0.6 is 23.2 Å². The average Bonchev–Trinajstić information content (AvgIpc) is 3.37. The molecule has 1 fully saturated rings. The Hall–Kier alpha value is -3.10. The third-order valence-corrected chi connectivity index (χ3v) is 6.57. The number of aliphatic imine (C=N–C) groups is 1. The molecule has 3 aliphatic heterocycles. The van der Waals surface area contributed by atoms with Crippen LogP contribution < -0.4 is 9.64 Å². The smallest absolute Gasteiger partial charge is 0.397 e. The number of urea groups is 1. The number of guanidine groups is 1. The first-order valence-electron chi connectivity index (χ1n) is 10.1. The van der Waals surface area contributed by atoms with E-state index in [1.54, 1.807) is 19.2 Å². The van der Waals surface area contributed by atoms with Gasteiger partial charge in [-0.2, -0.15) is 0 Å². The summed E-state index contributed by atoms with van der Waals surface area (Å²) < 4.78 is 7.90. The van der Waals surface area contributed by atoms with Gasteiger partial charge in [0, 0.05) is 20.2 Å². The number of amidine groups is 1. The van der Waals surface area contributed by atoms with Crippen LogP contribution in [-0.2, 0) is 11.4 Å². The van der Waals surface area contributed by atoms with Gasteiger partial charge in [0.05, 0.1) is 16.6 Å². The predicted octanol–water partition coefficient (Wildman–Crippen LogP) is 3.07. The van der Waals surface area contributed by atoms with E-state index in [4.69, 9.17) is 27.9 Å². The fraction of sp³-hybridized carbons (Fsp3) is 0.273. The van der Waals surface area contributed by atoms with Gasteiger partial charge in [0.25, 0.3) is 5.91 Å². The number of carbonyl (C=O) groups excluding carboxylic acids is 2. The van der Waals surface area contributed by atoms with Crippen LogP contribution in [-0.4, -0.2) is 71.3 Å². The minimum atomic E-state index is -0.572. The van der Waals surface area contributed by atoms with Gasteiger partial charge in [0.1, 0.15) is 24.6 Å². The van der Waals surface area contributed by atoms with Crippen molar-refractivity contribution < 1.29 is 18.9 Å². The number of hydrogen-bond donors (Lipinski definition) is 0. The van der Waals surface area contributed by atoms with Crippen LogP contribution in [0.4, 0.5) is 10.5 Å². The van der Waals surface area contributed by atoms with Crippen molar-refractivity contribution in [2.75, 3.05) is 32.1 Å². The molecule has 0 aromatic heterocycles. The third kappa shape index (κ3) is 3.30. The van der Waals surface area contributed by atoms with E-state index < -0.39 is 6.04 Å². The Labute approximate surface area is 194 Å². The SMILES string of the molecule is CN1C(=O)C2C(=NC3=[N+]2CCN3c2cccc(OCc3ccc(Cl)c(Cl)c3)c2)N(C)C1=O. The molecular formula is C22H20Cl2N5O3+. The first-order chi connectivity index (χ1) is 15.3. The van der Waals surface area contributed by atoms with Gasteiger partial charge < -0.3 is 4.74 Å².